The molecular weight excluding hydrogens is 439 g/mol. The molecule has 0 atom stereocenters. The van der Waals surface area contributed by atoms with Crippen LogP contribution in [-0.4, -0.2) is 11.8 Å². The number of hydrogen-bond acceptors (Lipinski definition) is 2. The quantitative estimate of drug-likeness (QED) is 0.546. The van der Waals surface area contributed by atoms with E-state index in [1.54, 1.807) is 24.3 Å². The van der Waals surface area contributed by atoms with Crippen LogP contribution in [0.5, 0.6) is 0 Å². The fraction of sp³-hybridized carbons (Fsp3) is 0.0476. The van der Waals surface area contributed by atoms with Gasteiger partial charge in [-0.25, -0.2) is 0 Å². The highest BCUT2D eigenvalue weighted by Crippen LogP contribution is 2.15. The lowest BCUT2D eigenvalue weighted by Gasteiger charge is -2.08. The van der Waals surface area contributed by atoms with Crippen molar-refractivity contribution in [3.63, 3.8) is 0 Å². The maximum Gasteiger partial charge on any atom is 0.255 e. The molecule has 0 saturated heterocycles. The van der Waals surface area contributed by atoms with Crippen LogP contribution in [0.4, 0.5) is 11.4 Å². The smallest absolute Gasteiger partial charge is 0.255 e. The number of benzene rings is 3. The van der Waals surface area contributed by atoms with Crippen molar-refractivity contribution in [2.24, 2.45) is 0 Å². The van der Waals surface area contributed by atoms with Crippen LogP contribution in [-0.2, 0) is 11.2 Å². The van der Waals surface area contributed by atoms with Crippen molar-refractivity contribution in [3.05, 3.63) is 93.6 Å². The first-order valence-corrected chi connectivity index (χ1v) is 9.19. The molecule has 0 aliphatic heterocycles. The van der Waals surface area contributed by atoms with E-state index in [1.807, 2.05) is 54.6 Å². The van der Waals surface area contributed by atoms with Gasteiger partial charge in [-0.15, -0.1) is 0 Å². The molecule has 0 bridgehead atoms. The Morgan fingerprint density at radius 1 is 0.731 bits per heavy atom. The van der Waals surface area contributed by atoms with Crippen molar-refractivity contribution in [1.82, 2.24) is 0 Å². The molecule has 0 spiro atoms. The fourth-order valence-corrected chi connectivity index (χ4v) is 2.79. The third-order valence-electron chi connectivity index (χ3n) is 3.74. The van der Waals surface area contributed by atoms with Crippen molar-refractivity contribution in [2.45, 2.75) is 6.42 Å². The van der Waals surface area contributed by atoms with Gasteiger partial charge in [0.15, 0.2) is 0 Å². The Balaban J connectivity index is 1.58. The third-order valence-corrected chi connectivity index (χ3v) is 4.46. The second kappa shape index (κ2) is 8.62. The van der Waals surface area contributed by atoms with Gasteiger partial charge in [0.1, 0.15) is 0 Å². The number of carbonyl (C=O) groups excluding carboxylic acids is 2. The Hall–Kier alpha value is -2.67. The number of carbonyl (C=O) groups is 2. The van der Waals surface area contributed by atoms with E-state index >= 15 is 0 Å². The zero-order valence-corrected chi connectivity index (χ0v) is 16.1. The highest BCUT2D eigenvalue weighted by molar-refractivity contribution is 14.1. The Bertz CT molecular complexity index is 892. The third kappa shape index (κ3) is 5.16. The molecule has 0 unspecified atom stereocenters. The predicted molar refractivity (Wildman–Crippen MR) is 112 cm³/mol. The summed E-state index contributed by atoms with van der Waals surface area (Å²) in [6.07, 6.45) is 0.315. The number of rotatable bonds is 5. The van der Waals surface area contributed by atoms with E-state index in [-0.39, 0.29) is 11.8 Å². The minimum Gasteiger partial charge on any atom is -0.326 e. The maximum atomic E-state index is 12.3. The first kappa shape index (κ1) is 18.1. The topological polar surface area (TPSA) is 58.2 Å². The van der Waals surface area contributed by atoms with E-state index in [1.165, 1.54) is 0 Å². The summed E-state index contributed by atoms with van der Waals surface area (Å²) in [6.45, 7) is 0. The molecule has 0 fully saturated rings. The van der Waals surface area contributed by atoms with Crippen molar-refractivity contribution in [2.75, 3.05) is 10.6 Å². The SMILES string of the molecule is O=C(Cc1ccccc1)Nc1ccc(C(=O)Nc2ccc(I)cc2)cc1. The molecule has 0 aromatic heterocycles. The maximum absolute atomic E-state index is 12.3. The summed E-state index contributed by atoms with van der Waals surface area (Å²) in [5, 5.41) is 5.69. The first-order chi connectivity index (χ1) is 12.6. The van der Waals surface area contributed by atoms with E-state index in [4.69, 9.17) is 0 Å². The van der Waals surface area contributed by atoms with E-state index in [0.717, 1.165) is 14.8 Å². The minimum atomic E-state index is -0.187. The molecule has 3 rings (SSSR count). The molecular formula is C21H17IN2O2. The molecule has 3 aromatic rings. The van der Waals surface area contributed by atoms with Crippen LogP contribution >= 0.6 is 22.6 Å². The monoisotopic (exact) mass is 456 g/mol. The van der Waals surface area contributed by atoms with Crippen LogP contribution in [0.15, 0.2) is 78.9 Å². The van der Waals surface area contributed by atoms with E-state index in [2.05, 4.69) is 33.2 Å². The number of hydrogen-bond donors (Lipinski definition) is 2. The predicted octanol–water partition coefficient (Wildman–Crippen LogP) is 4.72. The summed E-state index contributed by atoms with van der Waals surface area (Å²) in [4.78, 5) is 24.4. The Morgan fingerprint density at radius 2 is 1.31 bits per heavy atom. The molecule has 130 valence electrons. The summed E-state index contributed by atoms with van der Waals surface area (Å²) in [7, 11) is 0. The van der Waals surface area contributed by atoms with Crippen molar-refractivity contribution < 1.29 is 9.59 Å². The lowest BCUT2D eigenvalue weighted by atomic mass is 10.1. The van der Waals surface area contributed by atoms with Gasteiger partial charge in [0, 0.05) is 20.5 Å². The molecule has 0 heterocycles. The van der Waals surface area contributed by atoms with Crippen molar-refractivity contribution in [3.8, 4) is 0 Å². The number of halogens is 1. The molecule has 3 aromatic carbocycles. The van der Waals surface area contributed by atoms with Crippen LogP contribution < -0.4 is 10.6 Å². The highest BCUT2D eigenvalue weighted by atomic mass is 127. The molecule has 0 aliphatic carbocycles. The van der Waals surface area contributed by atoms with Gasteiger partial charge < -0.3 is 10.6 Å². The molecule has 4 nitrogen and oxygen atoms in total. The van der Waals surface area contributed by atoms with Crippen molar-refractivity contribution >= 4 is 45.8 Å². The summed E-state index contributed by atoms with van der Waals surface area (Å²) in [5.41, 5.74) is 2.90. The lowest BCUT2D eigenvalue weighted by Crippen LogP contribution is -2.15. The largest absolute Gasteiger partial charge is 0.326 e. The van der Waals surface area contributed by atoms with E-state index in [0.29, 0.717) is 17.7 Å². The Morgan fingerprint density at radius 3 is 1.96 bits per heavy atom. The summed E-state index contributed by atoms with van der Waals surface area (Å²) in [5.74, 6) is -0.277. The number of amides is 2. The van der Waals surface area contributed by atoms with Crippen LogP contribution in [0.3, 0.4) is 0 Å². The second-order valence-corrected chi connectivity index (χ2v) is 6.99. The van der Waals surface area contributed by atoms with Gasteiger partial charge in [0.05, 0.1) is 6.42 Å². The zero-order chi connectivity index (χ0) is 18.4. The zero-order valence-electron chi connectivity index (χ0n) is 13.9. The standard InChI is InChI=1S/C21H17IN2O2/c22-17-8-12-19(13-9-17)24-21(26)16-6-10-18(11-7-16)23-20(25)14-15-4-2-1-3-5-15/h1-13H,14H2,(H,23,25)(H,24,26). The van der Waals surface area contributed by atoms with Crippen LogP contribution in [0.1, 0.15) is 15.9 Å². The van der Waals surface area contributed by atoms with Gasteiger partial charge in [-0.2, -0.15) is 0 Å². The number of anilines is 2. The highest BCUT2D eigenvalue weighted by Gasteiger charge is 2.08. The van der Waals surface area contributed by atoms with Crippen LogP contribution in [0.25, 0.3) is 0 Å². The molecule has 26 heavy (non-hydrogen) atoms. The fourth-order valence-electron chi connectivity index (χ4n) is 2.43. The van der Waals surface area contributed by atoms with Crippen LogP contribution in [0.2, 0.25) is 0 Å². The number of nitrogens with one attached hydrogen (secondary N) is 2. The van der Waals surface area contributed by atoms with Gasteiger partial charge in [-0.05, 0) is 76.7 Å². The summed E-state index contributed by atoms with van der Waals surface area (Å²) in [6, 6.07) is 24.0. The van der Waals surface area contributed by atoms with Gasteiger partial charge in [0.25, 0.3) is 5.91 Å². The average Bonchev–Trinajstić information content (AvgIpc) is 2.65. The van der Waals surface area contributed by atoms with E-state index < -0.39 is 0 Å². The van der Waals surface area contributed by atoms with Crippen molar-refractivity contribution in [1.29, 1.82) is 0 Å². The van der Waals surface area contributed by atoms with Crippen LogP contribution in [0, 0.1) is 3.57 Å². The first-order valence-electron chi connectivity index (χ1n) is 8.11. The lowest BCUT2D eigenvalue weighted by molar-refractivity contribution is -0.115. The molecule has 2 N–H and O–H groups in total. The molecule has 2 amide bonds. The summed E-state index contributed by atoms with van der Waals surface area (Å²) >= 11 is 2.21. The van der Waals surface area contributed by atoms with Gasteiger partial charge in [-0.1, -0.05) is 30.3 Å². The van der Waals surface area contributed by atoms with Gasteiger partial charge >= 0.3 is 0 Å². The molecule has 5 heteroatoms. The Kier molecular flexibility index (Phi) is 6.01. The molecule has 0 radical (unpaired) electrons. The molecule has 0 aliphatic rings. The summed E-state index contributed by atoms with van der Waals surface area (Å²) < 4.78 is 1.11. The second-order valence-electron chi connectivity index (χ2n) is 5.75. The normalized spacial score (nSPS) is 10.2. The average molecular weight is 456 g/mol. The van der Waals surface area contributed by atoms with E-state index in [9.17, 15) is 9.59 Å². The minimum absolute atomic E-state index is 0.0905. The Labute approximate surface area is 165 Å². The van der Waals surface area contributed by atoms with Gasteiger partial charge in [-0.3, -0.25) is 9.59 Å². The molecule has 0 saturated carbocycles. The van der Waals surface area contributed by atoms with Gasteiger partial charge in [0.2, 0.25) is 5.91 Å².